The van der Waals surface area contributed by atoms with E-state index in [4.69, 9.17) is 0 Å². The first kappa shape index (κ1) is 14.0. The summed E-state index contributed by atoms with van der Waals surface area (Å²) in [5.41, 5.74) is 2.95. The number of aldehydes is 1. The molecule has 3 aromatic rings. The predicted octanol–water partition coefficient (Wildman–Crippen LogP) is 2.87. The Labute approximate surface area is 127 Å². The van der Waals surface area contributed by atoms with Crippen LogP contribution in [0.25, 0.3) is 5.65 Å². The van der Waals surface area contributed by atoms with Crippen LogP contribution in [-0.4, -0.2) is 15.7 Å². The highest BCUT2D eigenvalue weighted by Crippen LogP contribution is 2.18. The number of nitrogens with zero attached hydrogens (tertiary/aromatic N) is 2. The molecular weight excluding hydrogens is 278 g/mol. The Morgan fingerprint density at radius 2 is 1.86 bits per heavy atom. The van der Waals surface area contributed by atoms with Crippen molar-refractivity contribution in [3.8, 4) is 0 Å². The van der Waals surface area contributed by atoms with Gasteiger partial charge < -0.3 is 5.32 Å². The predicted molar refractivity (Wildman–Crippen MR) is 86.0 cm³/mol. The van der Waals surface area contributed by atoms with E-state index >= 15 is 0 Å². The van der Waals surface area contributed by atoms with Crippen molar-refractivity contribution < 1.29 is 4.79 Å². The van der Waals surface area contributed by atoms with E-state index in [1.165, 1.54) is 4.40 Å². The molecule has 0 aliphatic carbocycles. The lowest BCUT2D eigenvalue weighted by Crippen LogP contribution is -2.22. The summed E-state index contributed by atoms with van der Waals surface area (Å²) in [5.74, 6) is 0.276. The van der Waals surface area contributed by atoms with Crippen molar-refractivity contribution in [2.75, 3.05) is 5.32 Å². The molecule has 1 aromatic carbocycles. The Bertz CT molecular complexity index is 912. The highest BCUT2D eigenvalue weighted by Gasteiger charge is 2.13. The number of anilines is 2. The van der Waals surface area contributed by atoms with Gasteiger partial charge in [-0.2, -0.15) is 0 Å². The molecule has 5 nitrogen and oxygen atoms in total. The molecule has 0 radical (unpaired) electrons. The minimum Gasteiger partial charge on any atom is -0.339 e. The van der Waals surface area contributed by atoms with Crippen molar-refractivity contribution in [3.05, 3.63) is 69.6 Å². The minimum absolute atomic E-state index is 0.0173. The highest BCUT2D eigenvalue weighted by atomic mass is 16.1. The van der Waals surface area contributed by atoms with Crippen molar-refractivity contribution in [2.24, 2.45) is 0 Å². The molecule has 0 unspecified atom stereocenters. The monoisotopic (exact) mass is 293 g/mol. The summed E-state index contributed by atoms with van der Waals surface area (Å²) >= 11 is 0. The van der Waals surface area contributed by atoms with Crippen molar-refractivity contribution in [1.29, 1.82) is 0 Å². The molecule has 0 aliphatic heterocycles. The number of hydrogen-bond acceptors (Lipinski definition) is 4. The molecule has 0 saturated heterocycles. The van der Waals surface area contributed by atoms with Gasteiger partial charge in [-0.1, -0.05) is 23.8 Å². The zero-order valence-corrected chi connectivity index (χ0v) is 12.3. The number of pyridine rings is 1. The summed E-state index contributed by atoms with van der Waals surface area (Å²) in [6.45, 7) is 3.86. The zero-order valence-electron chi connectivity index (χ0n) is 12.3. The van der Waals surface area contributed by atoms with E-state index in [9.17, 15) is 9.59 Å². The smallest absolute Gasteiger partial charge is 0.270 e. The molecule has 0 atom stereocenters. The molecule has 110 valence electrons. The molecule has 0 aliphatic rings. The fourth-order valence-corrected chi connectivity index (χ4v) is 2.29. The summed E-state index contributed by atoms with van der Waals surface area (Å²) in [6.07, 6.45) is 2.15. The molecular formula is C17H15N3O2. The van der Waals surface area contributed by atoms with Gasteiger partial charge in [-0.3, -0.25) is 14.0 Å². The molecule has 0 amide bonds. The Morgan fingerprint density at radius 3 is 2.55 bits per heavy atom. The maximum Gasteiger partial charge on any atom is 0.270 e. The molecule has 0 saturated carbocycles. The normalized spacial score (nSPS) is 10.6. The molecule has 5 heteroatoms. The first-order valence-electron chi connectivity index (χ1n) is 6.91. The molecule has 1 N–H and O–H groups in total. The second-order valence-corrected chi connectivity index (χ2v) is 5.17. The van der Waals surface area contributed by atoms with Gasteiger partial charge in [0.25, 0.3) is 5.56 Å². The lowest BCUT2D eigenvalue weighted by atomic mass is 10.2. The van der Waals surface area contributed by atoms with Crippen molar-refractivity contribution in [3.63, 3.8) is 0 Å². The van der Waals surface area contributed by atoms with Crippen LogP contribution in [0.1, 0.15) is 21.5 Å². The van der Waals surface area contributed by atoms with Crippen LogP contribution < -0.4 is 10.9 Å². The number of fused-ring (bicyclic) bond motifs is 1. The minimum atomic E-state index is -0.377. The van der Waals surface area contributed by atoms with Crippen LogP contribution >= 0.6 is 0 Å². The number of carbonyl (C=O) groups is 1. The third-order valence-electron chi connectivity index (χ3n) is 3.52. The molecule has 0 spiro atoms. The van der Waals surface area contributed by atoms with E-state index in [0.29, 0.717) is 11.9 Å². The number of aryl methyl sites for hydroxylation is 2. The molecule has 22 heavy (non-hydrogen) atoms. The number of nitrogens with one attached hydrogen (secondary N) is 1. The van der Waals surface area contributed by atoms with Gasteiger partial charge in [-0.15, -0.1) is 0 Å². The fourth-order valence-electron chi connectivity index (χ4n) is 2.29. The van der Waals surface area contributed by atoms with Gasteiger partial charge in [0.2, 0.25) is 0 Å². The molecule has 2 aromatic heterocycles. The summed E-state index contributed by atoms with van der Waals surface area (Å²) in [4.78, 5) is 28.2. The Hall–Kier alpha value is -2.95. The van der Waals surface area contributed by atoms with E-state index in [1.54, 1.807) is 12.3 Å². The Morgan fingerprint density at radius 1 is 1.14 bits per heavy atom. The van der Waals surface area contributed by atoms with Gasteiger partial charge >= 0.3 is 0 Å². The SMILES string of the molecule is Cc1ccc(Nc2nc3c(C)cccn3c(=O)c2C=O)cc1. The summed E-state index contributed by atoms with van der Waals surface area (Å²) in [7, 11) is 0. The maximum atomic E-state index is 12.4. The van der Waals surface area contributed by atoms with Crippen LogP contribution in [-0.2, 0) is 0 Å². The lowest BCUT2D eigenvalue weighted by Gasteiger charge is -2.11. The van der Waals surface area contributed by atoms with E-state index in [-0.39, 0.29) is 16.9 Å². The van der Waals surface area contributed by atoms with Crippen LogP contribution in [0.15, 0.2) is 47.4 Å². The Balaban J connectivity index is 2.20. The van der Waals surface area contributed by atoms with Gasteiger partial charge in [0, 0.05) is 11.9 Å². The largest absolute Gasteiger partial charge is 0.339 e. The van der Waals surface area contributed by atoms with Crippen LogP contribution in [0.3, 0.4) is 0 Å². The van der Waals surface area contributed by atoms with Crippen LogP contribution in [0.2, 0.25) is 0 Å². The van der Waals surface area contributed by atoms with Crippen LogP contribution in [0, 0.1) is 13.8 Å². The number of rotatable bonds is 3. The third kappa shape index (κ3) is 2.37. The maximum absolute atomic E-state index is 12.4. The number of aromatic nitrogens is 2. The van der Waals surface area contributed by atoms with Crippen molar-refractivity contribution in [1.82, 2.24) is 9.38 Å². The molecule has 2 heterocycles. The highest BCUT2D eigenvalue weighted by molar-refractivity contribution is 5.84. The van der Waals surface area contributed by atoms with Crippen molar-refractivity contribution >= 4 is 23.4 Å². The quantitative estimate of drug-likeness (QED) is 0.754. The summed E-state index contributed by atoms with van der Waals surface area (Å²) < 4.78 is 1.39. The molecule has 0 fully saturated rings. The average molecular weight is 293 g/mol. The lowest BCUT2D eigenvalue weighted by molar-refractivity contribution is 0.112. The van der Waals surface area contributed by atoms with Crippen molar-refractivity contribution in [2.45, 2.75) is 13.8 Å². The standard InChI is InChI=1S/C17H15N3O2/c1-11-5-7-13(8-6-11)18-15-14(10-21)17(22)20-9-3-4-12(2)16(20)19-15/h3-10,18H,1-2H3. The summed E-state index contributed by atoms with van der Waals surface area (Å²) in [5, 5.41) is 3.06. The first-order chi connectivity index (χ1) is 10.6. The van der Waals surface area contributed by atoms with Gasteiger partial charge in [-0.25, -0.2) is 4.98 Å². The summed E-state index contributed by atoms with van der Waals surface area (Å²) in [6, 6.07) is 11.3. The second-order valence-electron chi connectivity index (χ2n) is 5.17. The van der Waals surface area contributed by atoms with Gasteiger partial charge in [0.15, 0.2) is 6.29 Å². The zero-order chi connectivity index (χ0) is 15.7. The van der Waals surface area contributed by atoms with E-state index in [0.717, 1.165) is 16.8 Å². The molecule has 3 rings (SSSR count). The van der Waals surface area contributed by atoms with E-state index in [1.807, 2.05) is 44.2 Å². The number of benzene rings is 1. The number of hydrogen-bond donors (Lipinski definition) is 1. The average Bonchev–Trinajstić information content (AvgIpc) is 2.51. The second kappa shape index (κ2) is 5.44. The molecule has 0 bridgehead atoms. The van der Waals surface area contributed by atoms with Crippen LogP contribution in [0.4, 0.5) is 11.5 Å². The van der Waals surface area contributed by atoms with Crippen LogP contribution in [0.5, 0.6) is 0 Å². The number of carbonyl (C=O) groups excluding carboxylic acids is 1. The van der Waals surface area contributed by atoms with E-state index in [2.05, 4.69) is 10.3 Å². The van der Waals surface area contributed by atoms with E-state index < -0.39 is 0 Å². The fraction of sp³-hybridized carbons (Fsp3) is 0.118. The van der Waals surface area contributed by atoms with Gasteiger partial charge in [-0.05, 0) is 37.6 Å². The third-order valence-corrected chi connectivity index (χ3v) is 3.52. The topological polar surface area (TPSA) is 63.5 Å². The first-order valence-corrected chi connectivity index (χ1v) is 6.91. The Kier molecular flexibility index (Phi) is 3.47. The van der Waals surface area contributed by atoms with Gasteiger partial charge in [0.05, 0.1) is 0 Å². The van der Waals surface area contributed by atoms with Gasteiger partial charge in [0.1, 0.15) is 17.0 Å².